The van der Waals surface area contributed by atoms with E-state index < -0.39 is 10.8 Å². The number of hydrazone groups is 1. The summed E-state index contributed by atoms with van der Waals surface area (Å²) in [4.78, 5) is 22.2. The first-order valence-corrected chi connectivity index (χ1v) is 10.3. The minimum atomic E-state index is -0.470. The Kier molecular flexibility index (Phi) is 7.42. The van der Waals surface area contributed by atoms with E-state index in [1.165, 1.54) is 18.3 Å². The summed E-state index contributed by atoms with van der Waals surface area (Å²) >= 11 is 6.73. The van der Waals surface area contributed by atoms with Crippen LogP contribution < -0.4 is 14.9 Å². The molecule has 0 aliphatic carbocycles. The minimum absolute atomic E-state index is 0.00396. The topological polar surface area (TPSA) is 116 Å². The number of nitro groups is 1. The number of methoxy groups -OCH3 is 1. The van der Waals surface area contributed by atoms with Crippen LogP contribution in [0.2, 0.25) is 0 Å². The molecule has 0 radical (unpaired) electrons. The van der Waals surface area contributed by atoms with Crippen molar-refractivity contribution in [3.8, 4) is 22.8 Å². The molecule has 9 nitrogen and oxygen atoms in total. The lowest BCUT2D eigenvalue weighted by molar-refractivity contribution is -0.384. The molecule has 1 aromatic heterocycles. The second-order valence-corrected chi connectivity index (χ2v) is 7.72. The van der Waals surface area contributed by atoms with Crippen molar-refractivity contribution in [3.63, 3.8) is 0 Å². The van der Waals surface area contributed by atoms with Crippen molar-refractivity contribution in [1.29, 1.82) is 0 Å². The second-order valence-electron chi connectivity index (χ2n) is 6.01. The van der Waals surface area contributed by atoms with E-state index >= 15 is 0 Å². The average Bonchev–Trinajstić information content (AvgIpc) is 3.22. The number of carbonyl (C=O) groups excluding carboxylic acids is 1. The Morgan fingerprint density at radius 3 is 2.48 bits per heavy atom. The van der Waals surface area contributed by atoms with Crippen molar-refractivity contribution in [2.24, 2.45) is 5.10 Å². The summed E-state index contributed by atoms with van der Waals surface area (Å²) < 4.78 is 17.5. The predicted molar refractivity (Wildman–Crippen MR) is 120 cm³/mol. The van der Waals surface area contributed by atoms with Crippen molar-refractivity contribution in [1.82, 2.24) is 5.43 Å². The first kappa shape index (κ1) is 22.5. The number of hydrogen-bond donors (Lipinski definition) is 1. The van der Waals surface area contributed by atoms with E-state index in [2.05, 4.69) is 42.4 Å². The summed E-state index contributed by atoms with van der Waals surface area (Å²) in [7, 11) is 1.55. The lowest BCUT2D eigenvalue weighted by Crippen LogP contribution is -2.24. The minimum Gasteiger partial charge on any atom is -0.497 e. The highest BCUT2D eigenvalue weighted by Gasteiger charge is 2.12. The molecule has 1 N–H and O–H groups in total. The van der Waals surface area contributed by atoms with Crippen LogP contribution in [0.3, 0.4) is 0 Å². The highest BCUT2D eigenvalue weighted by molar-refractivity contribution is 9.11. The number of hydrogen-bond acceptors (Lipinski definition) is 7. The molecule has 3 rings (SSSR count). The largest absolute Gasteiger partial charge is 0.497 e. The van der Waals surface area contributed by atoms with Crippen molar-refractivity contribution in [3.05, 3.63) is 73.4 Å². The van der Waals surface area contributed by atoms with Crippen LogP contribution in [0.15, 0.2) is 67.0 Å². The first-order valence-electron chi connectivity index (χ1n) is 8.70. The molecule has 0 spiro atoms. The third kappa shape index (κ3) is 5.92. The van der Waals surface area contributed by atoms with Gasteiger partial charge in [0, 0.05) is 17.7 Å². The molecule has 0 unspecified atom stereocenters. The number of ether oxygens (including phenoxy) is 2. The number of amides is 1. The molecule has 0 aliphatic heterocycles. The lowest BCUT2D eigenvalue weighted by atomic mass is 10.1. The maximum atomic E-state index is 12.0. The van der Waals surface area contributed by atoms with Gasteiger partial charge in [-0.3, -0.25) is 14.9 Å². The molecule has 0 saturated heterocycles. The number of rotatable bonds is 8. The molecule has 1 heterocycles. The van der Waals surface area contributed by atoms with E-state index in [0.29, 0.717) is 37.5 Å². The van der Waals surface area contributed by atoms with Gasteiger partial charge in [-0.25, -0.2) is 5.43 Å². The Morgan fingerprint density at radius 2 is 1.87 bits per heavy atom. The van der Waals surface area contributed by atoms with Crippen LogP contribution in [0.25, 0.3) is 11.3 Å². The van der Waals surface area contributed by atoms with E-state index in [4.69, 9.17) is 13.9 Å². The molecule has 160 valence electrons. The quantitative estimate of drug-likeness (QED) is 0.241. The summed E-state index contributed by atoms with van der Waals surface area (Å²) in [6, 6.07) is 12.8. The summed E-state index contributed by atoms with van der Waals surface area (Å²) in [5.74, 6) is 1.54. The van der Waals surface area contributed by atoms with Gasteiger partial charge in [-0.15, -0.1) is 0 Å². The summed E-state index contributed by atoms with van der Waals surface area (Å²) in [5, 5.41) is 14.6. The number of carbonyl (C=O) groups is 1. The monoisotopic (exact) mass is 551 g/mol. The molecule has 11 heteroatoms. The van der Waals surface area contributed by atoms with Crippen LogP contribution in [0.5, 0.6) is 11.5 Å². The Bertz CT molecular complexity index is 1110. The smallest absolute Gasteiger partial charge is 0.277 e. The van der Waals surface area contributed by atoms with Gasteiger partial charge in [0.05, 0.1) is 27.2 Å². The van der Waals surface area contributed by atoms with Gasteiger partial charge >= 0.3 is 0 Å². The van der Waals surface area contributed by atoms with Crippen LogP contribution in [0, 0.1) is 10.1 Å². The maximum Gasteiger partial charge on any atom is 0.277 e. The SMILES string of the molecule is COc1cc(Br)c(OCC(=O)N/N=C/c2ccc(-c3ccc([N+](=O)[O-])cc3)o2)c(Br)c1. The third-order valence-electron chi connectivity index (χ3n) is 3.93. The van der Waals surface area contributed by atoms with E-state index in [9.17, 15) is 14.9 Å². The first-order chi connectivity index (χ1) is 14.9. The summed E-state index contributed by atoms with van der Waals surface area (Å²) in [5.41, 5.74) is 3.02. The van der Waals surface area contributed by atoms with Crippen LogP contribution in [0.1, 0.15) is 5.76 Å². The van der Waals surface area contributed by atoms with Gasteiger partial charge in [0.15, 0.2) is 6.61 Å². The maximum absolute atomic E-state index is 12.0. The zero-order valence-corrected chi connectivity index (χ0v) is 19.2. The second kappa shape index (κ2) is 10.2. The molecular weight excluding hydrogens is 538 g/mol. The van der Waals surface area contributed by atoms with E-state index in [-0.39, 0.29) is 12.3 Å². The van der Waals surface area contributed by atoms with Gasteiger partial charge < -0.3 is 13.9 Å². The van der Waals surface area contributed by atoms with E-state index in [1.807, 2.05) is 0 Å². The van der Waals surface area contributed by atoms with Crippen LogP contribution in [0.4, 0.5) is 5.69 Å². The molecule has 0 aliphatic rings. The predicted octanol–water partition coefficient (Wildman–Crippen LogP) is 4.92. The van der Waals surface area contributed by atoms with Crippen molar-refractivity contribution in [2.75, 3.05) is 13.7 Å². The van der Waals surface area contributed by atoms with Gasteiger partial charge in [-0.05, 0) is 68.3 Å². The molecule has 0 atom stereocenters. The fourth-order valence-electron chi connectivity index (χ4n) is 2.46. The summed E-state index contributed by atoms with van der Waals surface area (Å²) in [6.45, 7) is -0.257. The molecule has 2 aromatic carbocycles. The number of nitrogens with zero attached hydrogens (tertiary/aromatic N) is 2. The van der Waals surface area contributed by atoms with Gasteiger partial charge in [0.25, 0.3) is 11.6 Å². The number of benzene rings is 2. The van der Waals surface area contributed by atoms with Crippen molar-refractivity contribution in [2.45, 2.75) is 0 Å². The van der Waals surface area contributed by atoms with Gasteiger partial charge in [-0.2, -0.15) is 5.10 Å². The fourth-order valence-corrected chi connectivity index (χ4v) is 3.83. The Hall–Kier alpha value is -3.18. The Morgan fingerprint density at radius 1 is 1.19 bits per heavy atom. The van der Waals surface area contributed by atoms with Crippen LogP contribution in [-0.4, -0.2) is 30.8 Å². The van der Waals surface area contributed by atoms with Crippen molar-refractivity contribution >= 4 is 49.7 Å². The molecule has 31 heavy (non-hydrogen) atoms. The Balaban J connectivity index is 1.54. The van der Waals surface area contributed by atoms with Crippen molar-refractivity contribution < 1.29 is 23.6 Å². The van der Waals surface area contributed by atoms with Gasteiger partial charge in [0.1, 0.15) is 23.0 Å². The standard InChI is InChI=1S/C20H15Br2N3O6/c1-29-15-8-16(21)20(17(22)9-15)30-11-19(26)24-23-10-14-6-7-18(31-14)12-2-4-13(5-3-12)25(27)28/h2-10H,11H2,1H3,(H,24,26)/b23-10+. The zero-order valence-electron chi connectivity index (χ0n) is 16.0. The fraction of sp³-hybridized carbons (Fsp3) is 0.100. The Labute approximate surface area is 193 Å². The molecule has 1 amide bonds. The molecular formula is C20H15Br2N3O6. The highest BCUT2D eigenvalue weighted by Crippen LogP contribution is 2.37. The number of non-ortho nitro benzene ring substituents is 1. The average molecular weight is 553 g/mol. The van der Waals surface area contributed by atoms with Gasteiger partial charge in [-0.1, -0.05) is 0 Å². The molecule has 0 fully saturated rings. The number of nitro benzene ring substituents is 1. The van der Waals surface area contributed by atoms with Gasteiger partial charge in [0.2, 0.25) is 0 Å². The van der Waals surface area contributed by atoms with E-state index in [1.54, 1.807) is 43.5 Å². The third-order valence-corrected chi connectivity index (χ3v) is 5.10. The normalized spacial score (nSPS) is 10.8. The molecule has 3 aromatic rings. The number of halogens is 2. The highest BCUT2D eigenvalue weighted by atomic mass is 79.9. The zero-order chi connectivity index (χ0) is 22.4. The molecule has 0 bridgehead atoms. The van der Waals surface area contributed by atoms with E-state index in [0.717, 1.165) is 0 Å². The lowest BCUT2D eigenvalue weighted by Gasteiger charge is -2.11. The summed E-state index contributed by atoms with van der Waals surface area (Å²) in [6.07, 6.45) is 1.34. The molecule has 0 saturated carbocycles. The van der Waals surface area contributed by atoms with Crippen LogP contribution >= 0.6 is 31.9 Å². The number of nitrogens with one attached hydrogen (secondary N) is 1. The van der Waals surface area contributed by atoms with Crippen LogP contribution in [-0.2, 0) is 4.79 Å². The number of furan rings is 1.